The van der Waals surface area contributed by atoms with Crippen LogP contribution in [0.15, 0.2) is 48.5 Å². The van der Waals surface area contributed by atoms with Gasteiger partial charge in [0.15, 0.2) is 0 Å². The summed E-state index contributed by atoms with van der Waals surface area (Å²) in [6.45, 7) is 1.41. The van der Waals surface area contributed by atoms with Crippen LogP contribution >= 0.6 is 11.6 Å². The third kappa shape index (κ3) is 3.25. The van der Waals surface area contributed by atoms with Crippen molar-refractivity contribution < 1.29 is 4.74 Å². The molecule has 0 atom stereocenters. The second-order valence-electron chi connectivity index (χ2n) is 3.96. The first-order chi connectivity index (χ1) is 8.81. The molecule has 1 N–H and O–H groups in total. The molecule has 0 aromatic heterocycles. The Hall–Kier alpha value is -1.51. The van der Waals surface area contributed by atoms with Crippen LogP contribution in [-0.2, 0) is 0 Å². The summed E-state index contributed by atoms with van der Waals surface area (Å²) in [4.78, 5) is 0. The molecule has 3 heteroatoms. The van der Waals surface area contributed by atoms with E-state index in [1.165, 1.54) is 0 Å². The first-order valence-electron chi connectivity index (χ1n) is 5.93. The average molecular weight is 262 g/mol. The normalized spacial score (nSPS) is 10.3. The lowest BCUT2D eigenvalue weighted by Crippen LogP contribution is -2.16. The van der Waals surface area contributed by atoms with Crippen LogP contribution < -0.4 is 10.1 Å². The summed E-state index contributed by atoms with van der Waals surface area (Å²) < 4.78 is 5.57. The number of likely N-dealkylation sites (N-methyl/N-ethyl adjacent to an activating group) is 1. The molecule has 0 unspecified atom stereocenters. The molecule has 0 spiro atoms. The van der Waals surface area contributed by atoms with Crippen LogP contribution in [0.4, 0.5) is 0 Å². The third-order valence-corrected chi connectivity index (χ3v) is 2.94. The Morgan fingerprint density at radius 1 is 1.06 bits per heavy atom. The van der Waals surface area contributed by atoms with Crippen LogP contribution in [-0.4, -0.2) is 20.2 Å². The number of nitrogens with one attached hydrogen (secondary N) is 1. The third-order valence-electron chi connectivity index (χ3n) is 2.65. The molecule has 0 radical (unpaired) electrons. The summed E-state index contributed by atoms with van der Waals surface area (Å²) in [6.07, 6.45) is 0. The fraction of sp³-hybridized carbons (Fsp3) is 0.200. The highest BCUT2D eigenvalue weighted by Crippen LogP contribution is 2.30. The number of benzene rings is 2. The van der Waals surface area contributed by atoms with E-state index >= 15 is 0 Å². The van der Waals surface area contributed by atoms with Crippen LogP contribution in [0.5, 0.6) is 5.75 Å². The molecule has 0 amide bonds. The molecule has 18 heavy (non-hydrogen) atoms. The van der Waals surface area contributed by atoms with Gasteiger partial charge in [0, 0.05) is 6.54 Å². The second-order valence-corrected chi connectivity index (χ2v) is 4.37. The average Bonchev–Trinajstić information content (AvgIpc) is 2.42. The molecule has 0 saturated heterocycles. The smallest absolute Gasteiger partial charge is 0.137 e. The minimum Gasteiger partial charge on any atom is -0.491 e. The van der Waals surface area contributed by atoms with Gasteiger partial charge in [-0.3, -0.25) is 0 Å². The number of halogens is 1. The maximum atomic E-state index is 6.21. The Balaban J connectivity index is 2.15. The lowest BCUT2D eigenvalue weighted by Gasteiger charge is -2.09. The Morgan fingerprint density at radius 2 is 1.83 bits per heavy atom. The van der Waals surface area contributed by atoms with Crippen LogP contribution in [0.3, 0.4) is 0 Å². The highest BCUT2D eigenvalue weighted by atomic mass is 35.5. The number of hydrogen-bond acceptors (Lipinski definition) is 2. The van der Waals surface area contributed by atoms with E-state index in [9.17, 15) is 0 Å². The van der Waals surface area contributed by atoms with Crippen LogP contribution in [0.1, 0.15) is 0 Å². The predicted octanol–water partition coefficient (Wildman–Crippen LogP) is 3.61. The molecular weight excluding hydrogens is 246 g/mol. The highest BCUT2D eigenvalue weighted by molar-refractivity contribution is 6.32. The molecule has 2 aromatic rings. The number of rotatable bonds is 5. The van der Waals surface area contributed by atoms with Crippen LogP contribution in [0.25, 0.3) is 11.1 Å². The summed E-state index contributed by atoms with van der Waals surface area (Å²) in [5.74, 6) is 0.728. The Morgan fingerprint density at radius 3 is 2.50 bits per heavy atom. The van der Waals surface area contributed by atoms with E-state index in [2.05, 4.69) is 17.4 Å². The van der Waals surface area contributed by atoms with Crippen molar-refractivity contribution in [2.24, 2.45) is 0 Å². The van der Waals surface area contributed by atoms with Gasteiger partial charge in [-0.15, -0.1) is 0 Å². The second kappa shape index (κ2) is 6.43. The van der Waals surface area contributed by atoms with Crippen molar-refractivity contribution in [1.82, 2.24) is 5.32 Å². The minimum absolute atomic E-state index is 0.612. The first-order valence-corrected chi connectivity index (χ1v) is 6.31. The van der Waals surface area contributed by atoms with Crippen molar-refractivity contribution in [2.45, 2.75) is 0 Å². The van der Waals surface area contributed by atoms with E-state index in [4.69, 9.17) is 16.3 Å². The van der Waals surface area contributed by atoms with Crippen molar-refractivity contribution >= 4 is 11.6 Å². The van der Waals surface area contributed by atoms with Crippen molar-refractivity contribution in [3.63, 3.8) is 0 Å². The summed E-state index contributed by atoms with van der Waals surface area (Å²) in [6, 6.07) is 16.0. The van der Waals surface area contributed by atoms with E-state index in [-0.39, 0.29) is 0 Å². The molecule has 0 aliphatic carbocycles. The summed E-state index contributed by atoms with van der Waals surface area (Å²) in [5, 5.41) is 3.67. The van der Waals surface area contributed by atoms with Crippen LogP contribution in [0, 0.1) is 0 Å². The SMILES string of the molecule is CNCCOc1ccc(-c2ccccc2)cc1Cl. The van der Waals surface area contributed by atoms with E-state index in [0.29, 0.717) is 11.6 Å². The standard InChI is InChI=1S/C15H16ClNO/c1-17-9-10-18-15-8-7-13(11-14(15)16)12-5-3-2-4-6-12/h2-8,11,17H,9-10H2,1H3. The zero-order chi connectivity index (χ0) is 12.8. The van der Waals surface area contributed by atoms with Crippen molar-refractivity contribution in [2.75, 3.05) is 20.2 Å². The monoisotopic (exact) mass is 261 g/mol. The molecule has 0 aliphatic heterocycles. The quantitative estimate of drug-likeness (QED) is 0.831. The van der Waals surface area contributed by atoms with Crippen LogP contribution in [0.2, 0.25) is 5.02 Å². The number of ether oxygens (including phenoxy) is 1. The van der Waals surface area contributed by atoms with Gasteiger partial charge in [0.1, 0.15) is 12.4 Å². The van der Waals surface area contributed by atoms with Gasteiger partial charge in [-0.25, -0.2) is 0 Å². The van der Waals surface area contributed by atoms with Gasteiger partial charge in [-0.1, -0.05) is 48.0 Å². The van der Waals surface area contributed by atoms with Crippen molar-refractivity contribution in [1.29, 1.82) is 0 Å². The lowest BCUT2D eigenvalue weighted by molar-refractivity contribution is 0.318. The van der Waals surface area contributed by atoms with Crippen molar-refractivity contribution in [3.8, 4) is 16.9 Å². The highest BCUT2D eigenvalue weighted by Gasteiger charge is 2.04. The zero-order valence-electron chi connectivity index (χ0n) is 10.3. The molecule has 0 bridgehead atoms. The number of hydrogen-bond donors (Lipinski definition) is 1. The van der Waals surface area contributed by atoms with E-state index < -0.39 is 0 Å². The van der Waals surface area contributed by atoms with E-state index in [1.807, 2.05) is 43.4 Å². The van der Waals surface area contributed by atoms with Gasteiger partial charge in [-0.2, -0.15) is 0 Å². The molecule has 2 nitrogen and oxygen atoms in total. The summed E-state index contributed by atoms with van der Waals surface area (Å²) in [5.41, 5.74) is 2.25. The molecule has 0 heterocycles. The van der Waals surface area contributed by atoms with Gasteiger partial charge in [0.2, 0.25) is 0 Å². The zero-order valence-corrected chi connectivity index (χ0v) is 11.1. The maximum Gasteiger partial charge on any atom is 0.137 e. The van der Waals surface area contributed by atoms with Gasteiger partial charge in [-0.05, 0) is 30.3 Å². The maximum absolute atomic E-state index is 6.21. The molecule has 2 rings (SSSR count). The topological polar surface area (TPSA) is 21.3 Å². The predicted molar refractivity (Wildman–Crippen MR) is 76.3 cm³/mol. The molecule has 94 valence electrons. The van der Waals surface area contributed by atoms with Gasteiger partial charge >= 0.3 is 0 Å². The molecule has 0 aliphatic rings. The molecular formula is C15H16ClNO. The Bertz CT molecular complexity index is 499. The minimum atomic E-state index is 0.612. The molecule has 2 aromatic carbocycles. The fourth-order valence-electron chi connectivity index (χ4n) is 1.69. The largest absolute Gasteiger partial charge is 0.491 e. The summed E-state index contributed by atoms with van der Waals surface area (Å²) >= 11 is 6.21. The van der Waals surface area contributed by atoms with E-state index in [0.717, 1.165) is 23.4 Å². The van der Waals surface area contributed by atoms with Gasteiger partial charge in [0.25, 0.3) is 0 Å². The van der Waals surface area contributed by atoms with E-state index in [1.54, 1.807) is 0 Å². The fourth-order valence-corrected chi connectivity index (χ4v) is 1.93. The summed E-state index contributed by atoms with van der Waals surface area (Å²) in [7, 11) is 1.89. The molecule has 0 saturated carbocycles. The van der Waals surface area contributed by atoms with Gasteiger partial charge in [0.05, 0.1) is 5.02 Å². The first kappa shape index (κ1) is 12.9. The molecule has 0 fully saturated rings. The Labute approximate surface area is 113 Å². The van der Waals surface area contributed by atoms with Crippen molar-refractivity contribution in [3.05, 3.63) is 53.6 Å². The van der Waals surface area contributed by atoms with Gasteiger partial charge < -0.3 is 10.1 Å². The Kier molecular flexibility index (Phi) is 4.62. The lowest BCUT2D eigenvalue weighted by atomic mass is 10.1.